The largest absolute Gasteiger partial charge is 0.377 e. The van der Waals surface area contributed by atoms with Gasteiger partial charge in [-0.15, -0.1) is 0 Å². The van der Waals surface area contributed by atoms with Crippen LogP contribution in [0.5, 0.6) is 0 Å². The maximum Gasteiger partial charge on any atom is 0.224 e. The minimum absolute atomic E-state index is 0.0554. The smallest absolute Gasteiger partial charge is 0.224 e. The van der Waals surface area contributed by atoms with E-state index in [9.17, 15) is 13.6 Å². The third-order valence-corrected chi connectivity index (χ3v) is 6.08. The number of halogens is 2. The normalized spacial score (nSPS) is 20.4. The molecule has 1 N–H and O–H groups in total. The van der Waals surface area contributed by atoms with Crippen molar-refractivity contribution in [2.75, 3.05) is 13.1 Å². The highest BCUT2D eigenvalue weighted by molar-refractivity contribution is 5.81. The highest BCUT2D eigenvalue weighted by Gasteiger charge is 2.55. The Morgan fingerprint density at radius 3 is 2.53 bits per heavy atom. The number of benzene rings is 1. The van der Waals surface area contributed by atoms with Gasteiger partial charge in [0.05, 0.1) is 6.42 Å². The summed E-state index contributed by atoms with van der Waals surface area (Å²) >= 11 is 0. The quantitative estimate of drug-likeness (QED) is 0.489. The van der Waals surface area contributed by atoms with Gasteiger partial charge in [-0.05, 0) is 68.5 Å². The first kappa shape index (κ1) is 25.6. The van der Waals surface area contributed by atoms with E-state index in [1.807, 2.05) is 26.1 Å². The van der Waals surface area contributed by atoms with Crippen LogP contribution in [0.1, 0.15) is 58.1 Å². The fourth-order valence-corrected chi connectivity index (χ4v) is 4.18. The highest BCUT2D eigenvalue weighted by Crippen LogP contribution is 2.53. The number of amides is 1. The Hall–Kier alpha value is -2.69. The first-order valence-electron chi connectivity index (χ1n) is 11.6. The van der Waals surface area contributed by atoms with Gasteiger partial charge in [0.2, 0.25) is 5.91 Å². The minimum Gasteiger partial charge on any atom is -0.377 e. The number of carbonyl (C=O) groups is 1. The van der Waals surface area contributed by atoms with Crippen molar-refractivity contribution in [3.63, 3.8) is 0 Å². The number of nitrogens with zero attached hydrogens (tertiary/aromatic N) is 1. The van der Waals surface area contributed by atoms with Crippen LogP contribution < -0.4 is 5.32 Å². The Bertz CT molecular complexity index is 877. The van der Waals surface area contributed by atoms with Gasteiger partial charge in [-0.1, -0.05) is 50.3 Å². The second kappa shape index (κ2) is 12.4. The molecule has 1 spiro atoms. The number of hydrogen-bond donors (Lipinski definition) is 1. The molecule has 3 nitrogen and oxygen atoms in total. The van der Waals surface area contributed by atoms with E-state index in [0.29, 0.717) is 11.1 Å². The molecule has 1 aromatic rings. The summed E-state index contributed by atoms with van der Waals surface area (Å²) in [7, 11) is 0. The minimum atomic E-state index is -0.304. The van der Waals surface area contributed by atoms with Gasteiger partial charge in [0.15, 0.2) is 0 Å². The topological polar surface area (TPSA) is 32.3 Å². The summed E-state index contributed by atoms with van der Waals surface area (Å²) in [5.41, 5.74) is 1.37. The molecule has 32 heavy (non-hydrogen) atoms. The van der Waals surface area contributed by atoms with Gasteiger partial charge in [0.25, 0.3) is 0 Å². The van der Waals surface area contributed by atoms with Crippen molar-refractivity contribution in [3.8, 4) is 0 Å². The van der Waals surface area contributed by atoms with Crippen LogP contribution in [0.15, 0.2) is 66.7 Å². The fraction of sp³-hybridized carbons (Fsp3) is 0.444. The van der Waals surface area contributed by atoms with Crippen molar-refractivity contribution in [1.82, 2.24) is 10.2 Å². The number of hydrogen-bond acceptors (Lipinski definition) is 2. The third kappa shape index (κ3) is 6.91. The predicted molar refractivity (Wildman–Crippen MR) is 129 cm³/mol. The van der Waals surface area contributed by atoms with Crippen molar-refractivity contribution in [2.24, 2.45) is 5.41 Å². The molecular formula is C27H36F2N2O. The van der Waals surface area contributed by atoms with Crippen molar-refractivity contribution in [3.05, 3.63) is 77.8 Å². The van der Waals surface area contributed by atoms with Crippen LogP contribution in [0.3, 0.4) is 0 Å². The van der Waals surface area contributed by atoms with Gasteiger partial charge in [-0.25, -0.2) is 8.78 Å². The summed E-state index contributed by atoms with van der Waals surface area (Å²) < 4.78 is 27.4. The van der Waals surface area contributed by atoms with Crippen LogP contribution in [-0.4, -0.2) is 29.9 Å². The van der Waals surface area contributed by atoms with Gasteiger partial charge in [0, 0.05) is 24.7 Å². The number of likely N-dealkylation sites (tertiary alicyclic amines) is 1. The highest BCUT2D eigenvalue weighted by atomic mass is 19.1. The van der Waals surface area contributed by atoms with E-state index >= 15 is 0 Å². The molecule has 0 bridgehead atoms. The molecule has 1 atom stereocenters. The fourth-order valence-electron chi connectivity index (χ4n) is 4.18. The molecule has 1 saturated heterocycles. The average molecular weight is 443 g/mol. The Balaban J connectivity index is 0.00000176. The Labute approximate surface area is 191 Å². The van der Waals surface area contributed by atoms with Gasteiger partial charge >= 0.3 is 0 Å². The zero-order chi connectivity index (χ0) is 23.6. The first-order valence-corrected chi connectivity index (χ1v) is 11.6. The first-order chi connectivity index (χ1) is 15.5. The SMILES string of the molecule is CC.C\C=C/C(F)=C\C=C\N1CCC2(CC1)CC2NC(=O)Cc1ccccc1/C(F)=C\C. The number of allylic oxidation sites excluding steroid dienone is 6. The van der Waals surface area contributed by atoms with Gasteiger partial charge in [-0.2, -0.15) is 0 Å². The summed E-state index contributed by atoms with van der Waals surface area (Å²) in [6.45, 7) is 9.23. The lowest BCUT2D eigenvalue weighted by molar-refractivity contribution is -0.120. The van der Waals surface area contributed by atoms with E-state index in [1.165, 1.54) is 18.2 Å². The van der Waals surface area contributed by atoms with Gasteiger partial charge in [-0.3, -0.25) is 4.79 Å². The lowest BCUT2D eigenvalue weighted by Crippen LogP contribution is -2.37. The summed E-state index contributed by atoms with van der Waals surface area (Å²) in [5, 5.41) is 3.15. The summed E-state index contributed by atoms with van der Waals surface area (Å²) in [5.74, 6) is -0.620. The molecule has 1 saturated carbocycles. The Morgan fingerprint density at radius 2 is 1.88 bits per heavy atom. The molecule has 1 unspecified atom stereocenters. The second-order valence-corrected chi connectivity index (χ2v) is 8.09. The molecule has 0 aromatic heterocycles. The molecule has 1 heterocycles. The zero-order valence-corrected chi connectivity index (χ0v) is 19.7. The van der Waals surface area contributed by atoms with Crippen molar-refractivity contribution in [2.45, 2.75) is 59.4 Å². The van der Waals surface area contributed by atoms with E-state index in [1.54, 1.807) is 44.2 Å². The summed E-state index contributed by atoms with van der Waals surface area (Å²) in [4.78, 5) is 14.7. The molecule has 2 aliphatic rings. The summed E-state index contributed by atoms with van der Waals surface area (Å²) in [6.07, 6.45) is 12.8. The molecule has 2 fully saturated rings. The van der Waals surface area contributed by atoms with Crippen molar-refractivity contribution >= 4 is 11.7 Å². The van der Waals surface area contributed by atoms with E-state index < -0.39 is 0 Å². The molecule has 3 rings (SSSR count). The molecule has 1 amide bonds. The molecule has 1 aliphatic heterocycles. The monoisotopic (exact) mass is 442 g/mol. The van der Waals surface area contributed by atoms with E-state index in [-0.39, 0.29) is 35.4 Å². The van der Waals surface area contributed by atoms with E-state index in [2.05, 4.69) is 10.2 Å². The molecule has 174 valence electrons. The standard InChI is InChI=1S/C25H30F2N2O.C2H6/c1-3-8-20(26)10-7-14-29-15-12-25(13-16-29)18-23(25)28-24(30)17-19-9-5-6-11-21(19)22(27)4-2;1-2/h3-11,14,23H,12-13,15-18H2,1-2H3,(H,28,30);1-2H3/b8-3-,14-7+,20-10+,22-4+;. The van der Waals surface area contributed by atoms with Crippen molar-refractivity contribution < 1.29 is 13.6 Å². The number of piperidine rings is 1. The van der Waals surface area contributed by atoms with Gasteiger partial charge in [0.1, 0.15) is 11.7 Å². The maximum absolute atomic E-state index is 14.0. The molecule has 5 heteroatoms. The van der Waals surface area contributed by atoms with Crippen LogP contribution in [0.4, 0.5) is 8.78 Å². The Kier molecular flexibility index (Phi) is 9.89. The second-order valence-electron chi connectivity index (χ2n) is 8.09. The van der Waals surface area contributed by atoms with Crippen LogP contribution in [0, 0.1) is 5.41 Å². The lowest BCUT2D eigenvalue weighted by atomic mass is 9.92. The van der Waals surface area contributed by atoms with E-state index in [0.717, 1.165) is 32.4 Å². The van der Waals surface area contributed by atoms with Crippen LogP contribution >= 0.6 is 0 Å². The maximum atomic E-state index is 14.0. The number of carbonyl (C=O) groups excluding carboxylic acids is 1. The lowest BCUT2D eigenvalue weighted by Gasteiger charge is -2.32. The van der Waals surface area contributed by atoms with Crippen molar-refractivity contribution in [1.29, 1.82) is 0 Å². The average Bonchev–Trinajstić information content (AvgIpc) is 3.47. The molecule has 1 aliphatic carbocycles. The molecular weight excluding hydrogens is 406 g/mol. The van der Waals surface area contributed by atoms with Crippen LogP contribution in [0.2, 0.25) is 0 Å². The van der Waals surface area contributed by atoms with Gasteiger partial charge < -0.3 is 10.2 Å². The van der Waals surface area contributed by atoms with Crippen LogP contribution in [0.25, 0.3) is 5.83 Å². The zero-order valence-electron chi connectivity index (χ0n) is 19.7. The van der Waals surface area contributed by atoms with E-state index in [4.69, 9.17) is 0 Å². The molecule has 1 aromatic carbocycles. The number of rotatable bonds is 7. The molecule has 0 radical (unpaired) electrons. The third-order valence-electron chi connectivity index (χ3n) is 6.08. The predicted octanol–water partition coefficient (Wildman–Crippen LogP) is 6.50. The van der Waals surface area contributed by atoms with Crippen LogP contribution in [-0.2, 0) is 11.2 Å². The summed E-state index contributed by atoms with van der Waals surface area (Å²) in [6, 6.07) is 7.32. The Morgan fingerprint density at radius 1 is 1.19 bits per heavy atom. The number of nitrogens with one attached hydrogen (secondary N) is 1.